The first kappa shape index (κ1) is 9.39. The Morgan fingerprint density at radius 2 is 1.93 bits per heavy atom. The molecule has 0 fully saturated rings. The molecular weight excluding hydrogens is 192 g/mol. The van der Waals surface area contributed by atoms with Crippen molar-refractivity contribution in [1.29, 1.82) is 0 Å². The zero-order chi connectivity index (χ0) is 10.5. The van der Waals surface area contributed by atoms with Crippen molar-refractivity contribution in [2.24, 2.45) is 0 Å². The highest BCUT2D eigenvalue weighted by molar-refractivity contribution is 5.51. The minimum atomic E-state index is 0.501. The lowest BCUT2D eigenvalue weighted by Gasteiger charge is -2.04. The van der Waals surface area contributed by atoms with Crippen LogP contribution in [0.15, 0.2) is 36.8 Å². The van der Waals surface area contributed by atoms with Crippen LogP contribution in [0.4, 0.5) is 11.6 Å². The Labute approximate surface area is 87.2 Å². The first-order valence-electron chi connectivity index (χ1n) is 4.42. The summed E-state index contributed by atoms with van der Waals surface area (Å²) in [5, 5.41) is 3.04. The molecule has 0 spiro atoms. The van der Waals surface area contributed by atoms with Crippen molar-refractivity contribution < 1.29 is 4.74 Å². The van der Waals surface area contributed by atoms with E-state index >= 15 is 0 Å². The maximum absolute atomic E-state index is 4.99. The van der Waals surface area contributed by atoms with E-state index in [4.69, 9.17) is 4.74 Å². The third-order valence-corrected chi connectivity index (χ3v) is 1.78. The molecule has 0 saturated carbocycles. The van der Waals surface area contributed by atoms with Gasteiger partial charge in [0.25, 0.3) is 0 Å². The third kappa shape index (κ3) is 2.40. The zero-order valence-electron chi connectivity index (χ0n) is 8.21. The van der Waals surface area contributed by atoms with E-state index in [1.165, 1.54) is 0 Å². The Balaban J connectivity index is 2.17. The van der Waals surface area contributed by atoms with Gasteiger partial charge in [0.05, 0.1) is 7.11 Å². The molecule has 76 valence electrons. The van der Waals surface area contributed by atoms with Crippen molar-refractivity contribution in [3.63, 3.8) is 0 Å². The lowest BCUT2D eigenvalue weighted by atomic mass is 10.4. The lowest BCUT2D eigenvalue weighted by molar-refractivity contribution is 0.397. The molecular formula is C10H10N4O. The number of pyridine rings is 1. The van der Waals surface area contributed by atoms with E-state index < -0.39 is 0 Å². The summed E-state index contributed by atoms with van der Waals surface area (Å²) in [5.74, 6) is 1.03. The van der Waals surface area contributed by atoms with Crippen molar-refractivity contribution in [3.05, 3.63) is 36.8 Å². The van der Waals surface area contributed by atoms with E-state index in [1.807, 2.05) is 12.1 Å². The smallest absolute Gasteiger partial charge is 0.230 e. The number of aromatic nitrogens is 3. The van der Waals surface area contributed by atoms with Crippen LogP contribution in [0.3, 0.4) is 0 Å². The standard InChI is InChI=1S/C10H10N4O/c1-15-9-4-7-12-10(14-9)13-8-2-5-11-6-3-8/h2-7H,1H3,(H,11,12,13,14). The maximum Gasteiger partial charge on any atom is 0.230 e. The second kappa shape index (κ2) is 4.36. The quantitative estimate of drug-likeness (QED) is 0.819. The Bertz CT molecular complexity index is 432. The van der Waals surface area contributed by atoms with Crippen LogP contribution in [0, 0.1) is 0 Å². The molecule has 2 rings (SSSR count). The van der Waals surface area contributed by atoms with Crippen LogP contribution < -0.4 is 10.1 Å². The highest BCUT2D eigenvalue weighted by Gasteiger charge is 1.98. The molecule has 0 saturated heterocycles. The van der Waals surface area contributed by atoms with E-state index in [0.29, 0.717) is 11.8 Å². The number of hydrogen-bond donors (Lipinski definition) is 1. The van der Waals surface area contributed by atoms with Crippen molar-refractivity contribution in [2.45, 2.75) is 0 Å². The zero-order valence-corrected chi connectivity index (χ0v) is 8.21. The summed E-state index contributed by atoms with van der Waals surface area (Å²) in [6, 6.07) is 5.36. The number of anilines is 2. The van der Waals surface area contributed by atoms with Crippen LogP contribution in [0.5, 0.6) is 5.88 Å². The summed E-state index contributed by atoms with van der Waals surface area (Å²) < 4.78 is 4.99. The van der Waals surface area contributed by atoms with Crippen LogP contribution in [0.2, 0.25) is 0 Å². The van der Waals surface area contributed by atoms with Gasteiger partial charge in [0.1, 0.15) is 0 Å². The number of ether oxygens (including phenoxy) is 1. The third-order valence-electron chi connectivity index (χ3n) is 1.78. The van der Waals surface area contributed by atoms with E-state index in [-0.39, 0.29) is 0 Å². The number of methoxy groups -OCH3 is 1. The fourth-order valence-electron chi connectivity index (χ4n) is 1.08. The minimum absolute atomic E-state index is 0.501. The first-order chi connectivity index (χ1) is 7.38. The van der Waals surface area contributed by atoms with Crippen molar-refractivity contribution in [2.75, 3.05) is 12.4 Å². The van der Waals surface area contributed by atoms with Gasteiger partial charge >= 0.3 is 0 Å². The van der Waals surface area contributed by atoms with Crippen LogP contribution in [0.1, 0.15) is 0 Å². The van der Waals surface area contributed by atoms with Crippen LogP contribution >= 0.6 is 0 Å². The topological polar surface area (TPSA) is 59.9 Å². The highest BCUT2D eigenvalue weighted by Crippen LogP contribution is 2.13. The molecule has 2 aromatic rings. The van der Waals surface area contributed by atoms with Gasteiger partial charge in [-0.25, -0.2) is 4.98 Å². The van der Waals surface area contributed by atoms with E-state index in [1.54, 1.807) is 31.8 Å². The summed E-state index contributed by atoms with van der Waals surface area (Å²) >= 11 is 0. The summed E-state index contributed by atoms with van der Waals surface area (Å²) in [6.07, 6.45) is 5.03. The van der Waals surface area contributed by atoms with Crippen molar-refractivity contribution in [3.8, 4) is 5.88 Å². The van der Waals surface area contributed by atoms with E-state index in [2.05, 4.69) is 20.3 Å². The molecule has 1 N–H and O–H groups in total. The molecule has 0 bridgehead atoms. The molecule has 0 aliphatic rings. The maximum atomic E-state index is 4.99. The number of hydrogen-bond acceptors (Lipinski definition) is 5. The van der Waals surface area contributed by atoms with Gasteiger partial charge < -0.3 is 10.1 Å². The van der Waals surface area contributed by atoms with Gasteiger partial charge in [-0.1, -0.05) is 0 Å². The number of nitrogens with zero attached hydrogens (tertiary/aromatic N) is 3. The van der Waals surface area contributed by atoms with Gasteiger partial charge in [0, 0.05) is 30.3 Å². The van der Waals surface area contributed by atoms with Crippen LogP contribution in [-0.2, 0) is 0 Å². The Morgan fingerprint density at radius 1 is 1.13 bits per heavy atom. The fourth-order valence-corrected chi connectivity index (χ4v) is 1.08. The number of nitrogens with one attached hydrogen (secondary N) is 1. The summed E-state index contributed by atoms with van der Waals surface area (Å²) in [6.45, 7) is 0. The summed E-state index contributed by atoms with van der Waals surface area (Å²) in [5.41, 5.74) is 0.887. The average Bonchev–Trinajstić information content (AvgIpc) is 2.31. The minimum Gasteiger partial charge on any atom is -0.481 e. The molecule has 2 aromatic heterocycles. The predicted molar refractivity (Wildman–Crippen MR) is 56.1 cm³/mol. The van der Waals surface area contributed by atoms with Gasteiger partial charge in [-0.15, -0.1) is 0 Å². The largest absolute Gasteiger partial charge is 0.481 e. The van der Waals surface area contributed by atoms with Gasteiger partial charge in [-0.05, 0) is 12.1 Å². The Hall–Kier alpha value is -2.17. The molecule has 0 radical (unpaired) electrons. The normalized spacial score (nSPS) is 9.67. The predicted octanol–water partition coefficient (Wildman–Crippen LogP) is 1.62. The fraction of sp³-hybridized carbons (Fsp3) is 0.100. The molecule has 0 amide bonds. The van der Waals surface area contributed by atoms with Crippen molar-refractivity contribution >= 4 is 11.6 Å². The van der Waals surface area contributed by atoms with Gasteiger partial charge in [0.2, 0.25) is 11.8 Å². The highest BCUT2D eigenvalue weighted by atomic mass is 16.5. The lowest BCUT2D eigenvalue weighted by Crippen LogP contribution is -1.98. The first-order valence-corrected chi connectivity index (χ1v) is 4.42. The van der Waals surface area contributed by atoms with Crippen LogP contribution in [-0.4, -0.2) is 22.1 Å². The number of rotatable bonds is 3. The van der Waals surface area contributed by atoms with Crippen molar-refractivity contribution in [1.82, 2.24) is 15.0 Å². The Morgan fingerprint density at radius 3 is 2.67 bits per heavy atom. The molecule has 5 heteroatoms. The second-order valence-electron chi connectivity index (χ2n) is 2.78. The van der Waals surface area contributed by atoms with E-state index in [9.17, 15) is 0 Å². The molecule has 15 heavy (non-hydrogen) atoms. The molecule has 0 aliphatic carbocycles. The molecule has 0 unspecified atom stereocenters. The monoisotopic (exact) mass is 202 g/mol. The molecule has 0 atom stereocenters. The molecule has 5 nitrogen and oxygen atoms in total. The molecule has 0 aliphatic heterocycles. The van der Waals surface area contributed by atoms with Gasteiger partial charge in [-0.3, -0.25) is 4.98 Å². The van der Waals surface area contributed by atoms with E-state index in [0.717, 1.165) is 5.69 Å². The SMILES string of the molecule is COc1ccnc(Nc2ccncc2)n1. The summed E-state index contributed by atoms with van der Waals surface area (Å²) in [4.78, 5) is 12.1. The van der Waals surface area contributed by atoms with Gasteiger partial charge in [-0.2, -0.15) is 4.98 Å². The van der Waals surface area contributed by atoms with Gasteiger partial charge in [0.15, 0.2) is 0 Å². The van der Waals surface area contributed by atoms with Crippen LogP contribution in [0.25, 0.3) is 0 Å². The second-order valence-corrected chi connectivity index (χ2v) is 2.78. The molecule has 0 aromatic carbocycles. The average molecular weight is 202 g/mol. The summed E-state index contributed by atoms with van der Waals surface area (Å²) in [7, 11) is 1.57. The Kier molecular flexibility index (Phi) is 2.73. The molecule has 2 heterocycles.